The van der Waals surface area contributed by atoms with E-state index in [2.05, 4.69) is 10.2 Å². The van der Waals surface area contributed by atoms with Crippen molar-refractivity contribution in [2.45, 2.75) is 12.8 Å². The van der Waals surface area contributed by atoms with Gasteiger partial charge in [0.1, 0.15) is 5.82 Å². The molecule has 24 heavy (non-hydrogen) atoms. The Morgan fingerprint density at radius 3 is 2.62 bits per heavy atom. The monoisotopic (exact) mass is 337 g/mol. The van der Waals surface area contributed by atoms with Crippen molar-refractivity contribution in [2.24, 2.45) is 0 Å². The zero-order valence-electron chi connectivity index (χ0n) is 14.0. The standard InChI is InChI=1S/C17H24FN3O3/c1-24-12-11-20-7-9-21(10-8-20)17(23)6-5-16(22)19-15-4-2-3-14(18)13-15/h2-4,13H,5-12H2,1H3,(H,19,22). The van der Waals surface area contributed by atoms with Crippen LogP contribution in [0.2, 0.25) is 0 Å². The fourth-order valence-corrected chi connectivity index (χ4v) is 2.61. The van der Waals surface area contributed by atoms with Crippen molar-refractivity contribution in [1.29, 1.82) is 0 Å². The molecule has 1 aromatic carbocycles. The van der Waals surface area contributed by atoms with E-state index in [1.165, 1.54) is 18.2 Å². The summed E-state index contributed by atoms with van der Waals surface area (Å²) < 4.78 is 18.1. The summed E-state index contributed by atoms with van der Waals surface area (Å²) in [6.45, 7) is 4.56. The van der Waals surface area contributed by atoms with Gasteiger partial charge in [-0.15, -0.1) is 0 Å². The van der Waals surface area contributed by atoms with Crippen LogP contribution in [-0.2, 0) is 14.3 Å². The molecule has 1 aliphatic heterocycles. The number of piperazine rings is 1. The van der Waals surface area contributed by atoms with Crippen molar-refractivity contribution >= 4 is 17.5 Å². The number of ether oxygens (including phenoxy) is 1. The van der Waals surface area contributed by atoms with E-state index < -0.39 is 5.82 Å². The van der Waals surface area contributed by atoms with Gasteiger partial charge >= 0.3 is 0 Å². The number of methoxy groups -OCH3 is 1. The highest BCUT2D eigenvalue weighted by Crippen LogP contribution is 2.10. The molecule has 1 saturated heterocycles. The molecule has 6 nitrogen and oxygen atoms in total. The molecule has 1 heterocycles. The Hall–Kier alpha value is -1.99. The number of amides is 2. The summed E-state index contributed by atoms with van der Waals surface area (Å²) in [6.07, 6.45) is 0.262. The van der Waals surface area contributed by atoms with Gasteiger partial charge in [0.2, 0.25) is 11.8 Å². The molecule has 1 N–H and O–H groups in total. The van der Waals surface area contributed by atoms with Gasteiger partial charge in [0.15, 0.2) is 0 Å². The SMILES string of the molecule is COCCN1CCN(C(=O)CCC(=O)Nc2cccc(F)c2)CC1. The summed E-state index contributed by atoms with van der Waals surface area (Å²) in [6, 6.07) is 5.70. The molecule has 0 atom stereocenters. The highest BCUT2D eigenvalue weighted by molar-refractivity contribution is 5.93. The predicted octanol–water partition coefficient (Wildman–Crippen LogP) is 1.33. The first kappa shape index (κ1) is 18.4. The van der Waals surface area contributed by atoms with Crippen molar-refractivity contribution in [1.82, 2.24) is 9.80 Å². The Morgan fingerprint density at radius 1 is 1.21 bits per heavy atom. The number of halogens is 1. The minimum atomic E-state index is -0.407. The van der Waals surface area contributed by atoms with Crippen LogP contribution in [0, 0.1) is 5.82 Å². The molecule has 0 radical (unpaired) electrons. The van der Waals surface area contributed by atoms with Crippen LogP contribution in [0.15, 0.2) is 24.3 Å². The first-order chi connectivity index (χ1) is 11.6. The number of nitrogens with zero attached hydrogens (tertiary/aromatic N) is 2. The van der Waals surface area contributed by atoms with Crippen LogP contribution in [0.5, 0.6) is 0 Å². The quantitative estimate of drug-likeness (QED) is 0.815. The molecule has 0 bridgehead atoms. The lowest BCUT2D eigenvalue weighted by atomic mass is 10.2. The van der Waals surface area contributed by atoms with Gasteiger partial charge in [0, 0.05) is 58.4 Å². The third-order valence-corrected chi connectivity index (χ3v) is 4.01. The third kappa shape index (κ3) is 5.90. The van der Waals surface area contributed by atoms with E-state index >= 15 is 0 Å². The molecule has 0 unspecified atom stereocenters. The Labute approximate surface area is 141 Å². The zero-order chi connectivity index (χ0) is 17.4. The van der Waals surface area contributed by atoms with Crippen molar-refractivity contribution in [3.8, 4) is 0 Å². The van der Waals surface area contributed by atoms with Crippen LogP contribution in [0.3, 0.4) is 0 Å². The van der Waals surface area contributed by atoms with E-state index in [-0.39, 0.29) is 24.7 Å². The average Bonchev–Trinajstić information content (AvgIpc) is 2.58. The van der Waals surface area contributed by atoms with Gasteiger partial charge < -0.3 is 15.0 Å². The predicted molar refractivity (Wildman–Crippen MR) is 89.2 cm³/mol. The normalized spacial score (nSPS) is 15.3. The summed E-state index contributed by atoms with van der Waals surface area (Å²) in [7, 11) is 1.68. The first-order valence-electron chi connectivity index (χ1n) is 8.13. The molecule has 0 saturated carbocycles. The summed E-state index contributed by atoms with van der Waals surface area (Å²) in [5.41, 5.74) is 0.402. The lowest BCUT2D eigenvalue weighted by molar-refractivity contribution is -0.134. The molecule has 1 aliphatic rings. The van der Waals surface area contributed by atoms with E-state index in [4.69, 9.17) is 4.74 Å². The highest BCUT2D eigenvalue weighted by atomic mass is 19.1. The number of benzene rings is 1. The van der Waals surface area contributed by atoms with Crippen LogP contribution in [-0.4, -0.2) is 68.1 Å². The van der Waals surface area contributed by atoms with Gasteiger partial charge in [0.25, 0.3) is 0 Å². The van der Waals surface area contributed by atoms with Crippen molar-refractivity contribution in [3.05, 3.63) is 30.1 Å². The second-order valence-electron chi connectivity index (χ2n) is 5.77. The van der Waals surface area contributed by atoms with Gasteiger partial charge in [-0.05, 0) is 18.2 Å². The van der Waals surface area contributed by atoms with E-state index in [1.807, 2.05) is 0 Å². The summed E-state index contributed by atoms with van der Waals surface area (Å²) in [5, 5.41) is 2.60. The Kier molecular flexibility index (Phi) is 7.14. The molecular formula is C17H24FN3O3. The maximum atomic E-state index is 13.1. The number of anilines is 1. The topological polar surface area (TPSA) is 61.9 Å². The second kappa shape index (κ2) is 9.34. The Morgan fingerprint density at radius 2 is 1.96 bits per heavy atom. The molecule has 1 fully saturated rings. The molecule has 0 spiro atoms. The molecule has 0 aromatic heterocycles. The fourth-order valence-electron chi connectivity index (χ4n) is 2.61. The molecule has 2 rings (SSSR count). The van der Waals surface area contributed by atoms with Crippen LogP contribution in [0.25, 0.3) is 0 Å². The maximum Gasteiger partial charge on any atom is 0.224 e. The molecule has 7 heteroatoms. The first-order valence-corrected chi connectivity index (χ1v) is 8.13. The number of hydrogen-bond acceptors (Lipinski definition) is 4. The minimum absolute atomic E-state index is 0.0178. The van der Waals surface area contributed by atoms with Crippen molar-refractivity contribution < 1.29 is 18.7 Å². The molecular weight excluding hydrogens is 313 g/mol. The largest absolute Gasteiger partial charge is 0.383 e. The van der Waals surface area contributed by atoms with Gasteiger partial charge in [-0.25, -0.2) is 4.39 Å². The van der Waals surface area contributed by atoms with Gasteiger partial charge in [-0.3, -0.25) is 14.5 Å². The third-order valence-electron chi connectivity index (χ3n) is 4.01. The number of rotatable bonds is 7. The van der Waals surface area contributed by atoms with E-state index in [0.717, 1.165) is 19.6 Å². The second-order valence-corrected chi connectivity index (χ2v) is 5.77. The van der Waals surface area contributed by atoms with Gasteiger partial charge in [0.05, 0.1) is 6.61 Å². The number of hydrogen-bond donors (Lipinski definition) is 1. The van der Waals surface area contributed by atoms with Gasteiger partial charge in [-0.1, -0.05) is 6.07 Å². The zero-order valence-corrected chi connectivity index (χ0v) is 14.0. The summed E-state index contributed by atoms with van der Waals surface area (Å²) in [5.74, 6) is -0.710. The summed E-state index contributed by atoms with van der Waals surface area (Å²) in [4.78, 5) is 28.1. The number of carbonyl (C=O) groups is 2. The van der Waals surface area contributed by atoms with Gasteiger partial charge in [-0.2, -0.15) is 0 Å². The Balaban J connectivity index is 1.68. The maximum absolute atomic E-state index is 13.1. The minimum Gasteiger partial charge on any atom is -0.383 e. The van der Waals surface area contributed by atoms with E-state index in [1.54, 1.807) is 18.1 Å². The van der Waals surface area contributed by atoms with Crippen LogP contribution in [0.4, 0.5) is 10.1 Å². The lowest BCUT2D eigenvalue weighted by Crippen LogP contribution is -2.49. The van der Waals surface area contributed by atoms with Crippen molar-refractivity contribution in [3.63, 3.8) is 0 Å². The van der Waals surface area contributed by atoms with Crippen molar-refractivity contribution in [2.75, 3.05) is 51.8 Å². The molecule has 132 valence electrons. The molecule has 1 aromatic rings. The number of nitrogens with one attached hydrogen (secondary N) is 1. The van der Waals surface area contributed by atoms with Crippen LogP contribution in [0.1, 0.15) is 12.8 Å². The average molecular weight is 337 g/mol. The van der Waals surface area contributed by atoms with E-state index in [0.29, 0.717) is 25.4 Å². The lowest BCUT2D eigenvalue weighted by Gasteiger charge is -2.34. The highest BCUT2D eigenvalue weighted by Gasteiger charge is 2.21. The summed E-state index contributed by atoms with van der Waals surface area (Å²) >= 11 is 0. The molecule has 0 aliphatic carbocycles. The smallest absolute Gasteiger partial charge is 0.224 e. The fraction of sp³-hybridized carbons (Fsp3) is 0.529. The Bertz CT molecular complexity index is 560. The molecule has 2 amide bonds. The van der Waals surface area contributed by atoms with Crippen LogP contribution < -0.4 is 5.32 Å². The number of carbonyl (C=O) groups excluding carboxylic acids is 2. The van der Waals surface area contributed by atoms with Crippen LogP contribution >= 0.6 is 0 Å². The van der Waals surface area contributed by atoms with E-state index in [9.17, 15) is 14.0 Å².